The third kappa shape index (κ3) is 2.15. The van der Waals surface area contributed by atoms with Crippen LogP contribution in [0, 0.1) is 34.3 Å². The van der Waals surface area contributed by atoms with E-state index in [0.29, 0.717) is 6.07 Å². The molecular weight excluding hydrogens is 186 g/mol. The van der Waals surface area contributed by atoms with E-state index in [4.69, 9.17) is 10.5 Å². The van der Waals surface area contributed by atoms with Crippen molar-refractivity contribution >= 4 is 6.08 Å². The molecule has 0 aliphatic carbocycles. The molecule has 0 saturated heterocycles. The van der Waals surface area contributed by atoms with Gasteiger partial charge in [0.05, 0.1) is 0 Å². The van der Waals surface area contributed by atoms with Gasteiger partial charge in [0, 0.05) is 11.6 Å². The Hall–Kier alpha value is -2.20. The molecule has 2 nitrogen and oxygen atoms in total. The van der Waals surface area contributed by atoms with Gasteiger partial charge in [-0.2, -0.15) is 10.5 Å². The first-order valence-corrected chi connectivity index (χ1v) is 3.64. The van der Waals surface area contributed by atoms with E-state index in [2.05, 4.69) is 0 Å². The first-order chi connectivity index (χ1) is 6.67. The minimum absolute atomic E-state index is 0.0181. The lowest BCUT2D eigenvalue weighted by Crippen LogP contribution is -1.85. The van der Waals surface area contributed by atoms with Gasteiger partial charge in [-0.1, -0.05) is 0 Å². The third-order valence-corrected chi connectivity index (χ3v) is 1.50. The van der Waals surface area contributed by atoms with Crippen molar-refractivity contribution in [2.24, 2.45) is 0 Å². The molecular formula is C10H4F2N2. The average molecular weight is 190 g/mol. The SMILES string of the molecule is N#CC(C#N)=Cc1ccc(F)cc1F. The van der Waals surface area contributed by atoms with Crippen molar-refractivity contribution in [2.45, 2.75) is 0 Å². The predicted molar refractivity (Wildman–Crippen MR) is 45.6 cm³/mol. The lowest BCUT2D eigenvalue weighted by molar-refractivity contribution is 0.581. The maximum atomic E-state index is 13.0. The molecule has 0 amide bonds. The number of hydrogen-bond acceptors (Lipinski definition) is 2. The van der Waals surface area contributed by atoms with Crippen molar-refractivity contribution in [3.05, 3.63) is 41.0 Å². The summed E-state index contributed by atoms with van der Waals surface area (Å²) in [4.78, 5) is 0. The summed E-state index contributed by atoms with van der Waals surface area (Å²) in [6.45, 7) is 0. The minimum atomic E-state index is -0.798. The fraction of sp³-hybridized carbons (Fsp3) is 0. The van der Waals surface area contributed by atoms with Gasteiger partial charge >= 0.3 is 0 Å². The summed E-state index contributed by atoms with van der Waals surface area (Å²) in [5.74, 6) is -1.50. The monoisotopic (exact) mass is 190 g/mol. The van der Waals surface area contributed by atoms with Crippen LogP contribution in [0.25, 0.3) is 6.08 Å². The Morgan fingerprint density at radius 2 is 1.86 bits per heavy atom. The molecule has 0 unspecified atom stereocenters. The second-order valence-electron chi connectivity index (χ2n) is 2.45. The zero-order valence-electron chi connectivity index (χ0n) is 6.96. The Morgan fingerprint density at radius 1 is 1.21 bits per heavy atom. The number of allylic oxidation sites excluding steroid dienone is 1. The molecule has 0 spiro atoms. The summed E-state index contributed by atoms with van der Waals surface area (Å²) in [5.41, 5.74) is -0.208. The number of hydrogen-bond donors (Lipinski definition) is 0. The summed E-state index contributed by atoms with van der Waals surface area (Å²) >= 11 is 0. The molecule has 0 bridgehead atoms. The second-order valence-corrected chi connectivity index (χ2v) is 2.45. The highest BCUT2D eigenvalue weighted by atomic mass is 19.1. The number of benzene rings is 1. The van der Waals surface area contributed by atoms with Crippen LogP contribution in [-0.4, -0.2) is 0 Å². The van der Waals surface area contributed by atoms with E-state index in [-0.39, 0.29) is 11.1 Å². The Morgan fingerprint density at radius 3 is 2.36 bits per heavy atom. The van der Waals surface area contributed by atoms with Gasteiger partial charge in [-0.05, 0) is 18.2 Å². The van der Waals surface area contributed by atoms with Gasteiger partial charge in [0.2, 0.25) is 0 Å². The van der Waals surface area contributed by atoms with Gasteiger partial charge in [-0.25, -0.2) is 8.78 Å². The number of nitriles is 2. The maximum Gasteiger partial charge on any atom is 0.133 e. The molecule has 0 radical (unpaired) electrons. The smallest absolute Gasteiger partial charge is 0.133 e. The van der Waals surface area contributed by atoms with E-state index >= 15 is 0 Å². The molecule has 1 rings (SSSR count). The first-order valence-electron chi connectivity index (χ1n) is 3.64. The van der Waals surface area contributed by atoms with Crippen LogP contribution in [0.2, 0.25) is 0 Å². The van der Waals surface area contributed by atoms with Crippen LogP contribution in [0.5, 0.6) is 0 Å². The Balaban J connectivity index is 3.18. The fourth-order valence-corrected chi connectivity index (χ4v) is 0.864. The van der Waals surface area contributed by atoms with Crippen LogP contribution < -0.4 is 0 Å². The lowest BCUT2D eigenvalue weighted by atomic mass is 10.1. The van der Waals surface area contributed by atoms with Crippen molar-refractivity contribution in [1.29, 1.82) is 10.5 Å². The lowest BCUT2D eigenvalue weighted by Gasteiger charge is -1.95. The number of halogens is 2. The van der Waals surface area contributed by atoms with E-state index in [1.807, 2.05) is 0 Å². The van der Waals surface area contributed by atoms with Crippen LogP contribution in [-0.2, 0) is 0 Å². The van der Waals surface area contributed by atoms with Gasteiger partial charge < -0.3 is 0 Å². The fourth-order valence-electron chi connectivity index (χ4n) is 0.864. The van der Waals surface area contributed by atoms with Crippen LogP contribution in [0.15, 0.2) is 23.8 Å². The molecule has 0 atom stereocenters. The second kappa shape index (κ2) is 4.15. The predicted octanol–water partition coefficient (Wildman–Crippen LogP) is 2.40. The Bertz CT molecular complexity index is 448. The van der Waals surface area contributed by atoms with Crippen LogP contribution in [0.1, 0.15) is 5.56 Å². The minimum Gasteiger partial charge on any atom is -0.207 e. The molecule has 0 fully saturated rings. The Kier molecular flexibility index (Phi) is 2.93. The summed E-state index contributed by atoms with van der Waals surface area (Å²) in [5, 5.41) is 16.8. The van der Waals surface area contributed by atoms with Crippen molar-refractivity contribution in [3.8, 4) is 12.1 Å². The highest BCUT2D eigenvalue weighted by molar-refractivity contribution is 5.62. The molecule has 4 heteroatoms. The maximum absolute atomic E-state index is 13.0. The molecule has 68 valence electrons. The summed E-state index contributed by atoms with van der Waals surface area (Å²) in [7, 11) is 0. The zero-order valence-corrected chi connectivity index (χ0v) is 6.96. The van der Waals surface area contributed by atoms with E-state index in [1.54, 1.807) is 12.1 Å². The summed E-state index contributed by atoms with van der Waals surface area (Å²) < 4.78 is 25.4. The highest BCUT2D eigenvalue weighted by Gasteiger charge is 2.02. The van der Waals surface area contributed by atoms with E-state index in [9.17, 15) is 8.78 Å². The zero-order chi connectivity index (χ0) is 10.6. The molecule has 0 aliphatic heterocycles. The van der Waals surface area contributed by atoms with Gasteiger partial charge in [-0.3, -0.25) is 0 Å². The Labute approximate surface area is 79.3 Å². The third-order valence-electron chi connectivity index (χ3n) is 1.50. The van der Waals surface area contributed by atoms with E-state index in [1.165, 1.54) is 6.07 Å². The number of rotatable bonds is 1. The number of nitrogens with zero attached hydrogens (tertiary/aromatic N) is 2. The van der Waals surface area contributed by atoms with Gasteiger partial charge in [0.25, 0.3) is 0 Å². The molecule has 1 aromatic rings. The molecule has 14 heavy (non-hydrogen) atoms. The first kappa shape index (κ1) is 9.88. The molecule has 1 aromatic carbocycles. The largest absolute Gasteiger partial charge is 0.207 e. The molecule has 0 saturated carbocycles. The van der Waals surface area contributed by atoms with Gasteiger partial charge in [0.1, 0.15) is 29.3 Å². The van der Waals surface area contributed by atoms with Crippen molar-refractivity contribution < 1.29 is 8.78 Å². The van der Waals surface area contributed by atoms with Crippen LogP contribution in [0.3, 0.4) is 0 Å². The summed E-state index contributed by atoms with van der Waals surface area (Å²) in [6, 6.07) is 6.08. The normalized spacial score (nSPS) is 8.57. The van der Waals surface area contributed by atoms with Crippen LogP contribution in [0.4, 0.5) is 8.78 Å². The highest BCUT2D eigenvalue weighted by Crippen LogP contribution is 2.12. The van der Waals surface area contributed by atoms with Gasteiger partial charge in [-0.15, -0.1) is 0 Å². The molecule has 0 aliphatic rings. The topological polar surface area (TPSA) is 47.6 Å². The van der Waals surface area contributed by atoms with Crippen molar-refractivity contribution in [1.82, 2.24) is 0 Å². The van der Waals surface area contributed by atoms with Crippen LogP contribution >= 0.6 is 0 Å². The van der Waals surface area contributed by atoms with E-state index < -0.39 is 11.6 Å². The van der Waals surface area contributed by atoms with Crippen molar-refractivity contribution in [2.75, 3.05) is 0 Å². The molecule has 0 heterocycles. The quantitative estimate of drug-likeness (QED) is 0.638. The van der Waals surface area contributed by atoms with E-state index in [0.717, 1.165) is 12.1 Å². The molecule has 0 N–H and O–H groups in total. The standard InChI is InChI=1S/C10H4F2N2/c11-9-2-1-8(10(12)4-9)3-7(5-13)6-14/h1-4H. The van der Waals surface area contributed by atoms with Crippen molar-refractivity contribution in [3.63, 3.8) is 0 Å². The molecule has 0 aromatic heterocycles. The van der Waals surface area contributed by atoms with Gasteiger partial charge in [0.15, 0.2) is 0 Å². The average Bonchev–Trinajstić information content (AvgIpc) is 2.17. The summed E-state index contributed by atoms with van der Waals surface area (Å²) in [6.07, 6.45) is 1.06.